The molecule has 17 heavy (non-hydrogen) atoms. The summed E-state index contributed by atoms with van der Waals surface area (Å²) in [7, 11) is 2.15. The van der Waals surface area contributed by atoms with E-state index in [4.69, 9.17) is 0 Å². The van der Waals surface area contributed by atoms with Crippen molar-refractivity contribution in [2.45, 2.75) is 37.0 Å². The molecule has 1 aromatic heterocycles. The maximum Gasteiger partial charge on any atom is 0.126 e. The molecule has 0 radical (unpaired) electrons. The summed E-state index contributed by atoms with van der Waals surface area (Å²) in [5, 5.41) is 9.29. The molecule has 4 heteroatoms. The third kappa shape index (κ3) is 1.66. The fourth-order valence-electron chi connectivity index (χ4n) is 2.91. The van der Waals surface area contributed by atoms with Crippen LogP contribution in [0.15, 0.2) is 6.20 Å². The predicted octanol–water partition coefficient (Wildman–Crippen LogP) is 1.77. The molecule has 0 spiro atoms. The van der Waals surface area contributed by atoms with Crippen LogP contribution in [0.2, 0.25) is 0 Å². The minimum atomic E-state index is -0.303. The predicted molar refractivity (Wildman–Crippen MR) is 64.6 cm³/mol. The molecule has 2 heterocycles. The molecule has 1 aliphatic heterocycles. The first-order valence-electron chi connectivity index (χ1n) is 6.39. The minimum Gasteiger partial charge on any atom is -0.344 e. The Labute approximate surface area is 102 Å². The lowest BCUT2D eigenvalue weighted by molar-refractivity contribution is 0.308. The van der Waals surface area contributed by atoms with Crippen LogP contribution < -0.4 is 0 Å². The van der Waals surface area contributed by atoms with Gasteiger partial charge in [0.15, 0.2) is 0 Å². The van der Waals surface area contributed by atoms with Crippen molar-refractivity contribution in [2.75, 3.05) is 20.1 Å². The summed E-state index contributed by atoms with van der Waals surface area (Å²) >= 11 is 0. The van der Waals surface area contributed by atoms with Gasteiger partial charge >= 0.3 is 0 Å². The number of aromatic amines is 1. The molecule has 2 aliphatic rings. The number of hydrogen-bond donors (Lipinski definition) is 1. The summed E-state index contributed by atoms with van der Waals surface area (Å²) in [6.07, 6.45) is 6.20. The number of nitrogens with one attached hydrogen (secondary N) is 1. The highest BCUT2D eigenvalue weighted by molar-refractivity contribution is 5.27. The van der Waals surface area contributed by atoms with Gasteiger partial charge in [0, 0.05) is 24.4 Å². The number of nitrogens with zero attached hydrogens (tertiary/aromatic N) is 3. The van der Waals surface area contributed by atoms with Crippen LogP contribution in [-0.4, -0.2) is 35.0 Å². The number of nitriles is 1. The van der Waals surface area contributed by atoms with Crippen LogP contribution in [0.4, 0.5) is 0 Å². The zero-order chi connectivity index (χ0) is 11.9. The highest BCUT2D eigenvalue weighted by atomic mass is 15.1. The summed E-state index contributed by atoms with van der Waals surface area (Å²) in [6.45, 7) is 2.25. The van der Waals surface area contributed by atoms with Gasteiger partial charge in [-0.05, 0) is 39.3 Å². The maximum atomic E-state index is 9.29. The van der Waals surface area contributed by atoms with Gasteiger partial charge in [-0.25, -0.2) is 4.98 Å². The van der Waals surface area contributed by atoms with Gasteiger partial charge < -0.3 is 9.88 Å². The van der Waals surface area contributed by atoms with Crippen LogP contribution in [0, 0.1) is 11.3 Å². The number of likely N-dealkylation sites (N-methyl/N-ethyl adjacent to an activating group) is 1. The van der Waals surface area contributed by atoms with Gasteiger partial charge in [0.2, 0.25) is 0 Å². The number of likely N-dealkylation sites (tertiary alicyclic amines) is 1. The molecule has 3 rings (SSSR count). The fourth-order valence-corrected chi connectivity index (χ4v) is 2.91. The van der Waals surface area contributed by atoms with Crippen molar-refractivity contribution in [2.24, 2.45) is 0 Å². The Hall–Kier alpha value is -1.34. The molecular weight excluding hydrogens is 212 g/mol. The van der Waals surface area contributed by atoms with E-state index in [-0.39, 0.29) is 5.41 Å². The third-order valence-electron chi connectivity index (χ3n) is 4.30. The minimum absolute atomic E-state index is 0.303. The monoisotopic (exact) mass is 230 g/mol. The smallest absolute Gasteiger partial charge is 0.126 e. The molecule has 0 bridgehead atoms. The van der Waals surface area contributed by atoms with Crippen molar-refractivity contribution in [3.05, 3.63) is 17.7 Å². The van der Waals surface area contributed by atoms with E-state index in [0.717, 1.165) is 38.2 Å². The van der Waals surface area contributed by atoms with Gasteiger partial charge in [-0.2, -0.15) is 5.26 Å². The Morgan fingerprint density at radius 1 is 1.59 bits per heavy atom. The molecule has 1 aliphatic carbocycles. The second-order valence-electron chi connectivity index (χ2n) is 5.48. The van der Waals surface area contributed by atoms with Gasteiger partial charge in [0.05, 0.1) is 6.07 Å². The number of rotatable bonds is 2. The van der Waals surface area contributed by atoms with Crippen molar-refractivity contribution < 1.29 is 0 Å². The molecule has 0 aromatic carbocycles. The van der Waals surface area contributed by atoms with E-state index < -0.39 is 0 Å². The lowest BCUT2D eigenvalue weighted by Gasteiger charge is -2.32. The lowest BCUT2D eigenvalue weighted by Crippen LogP contribution is -2.33. The average molecular weight is 230 g/mol. The number of hydrogen-bond acceptors (Lipinski definition) is 3. The largest absolute Gasteiger partial charge is 0.344 e. The second-order valence-corrected chi connectivity index (χ2v) is 5.48. The molecule has 0 amide bonds. The Morgan fingerprint density at radius 3 is 2.94 bits per heavy atom. The fraction of sp³-hybridized carbons (Fsp3) is 0.692. The molecule has 1 saturated carbocycles. The molecule has 90 valence electrons. The number of imidazole rings is 1. The Bertz CT molecular complexity index is 452. The van der Waals surface area contributed by atoms with E-state index in [1.54, 1.807) is 0 Å². The molecule has 1 atom stereocenters. The first kappa shape index (κ1) is 10.8. The number of H-pyrrole nitrogens is 1. The van der Waals surface area contributed by atoms with E-state index in [1.807, 2.05) is 6.20 Å². The van der Waals surface area contributed by atoms with E-state index >= 15 is 0 Å². The van der Waals surface area contributed by atoms with Crippen LogP contribution in [0.25, 0.3) is 0 Å². The van der Waals surface area contributed by atoms with Gasteiger partial charge in [0.25, 0.3) is 0 Å². The first-order valence-corrected chi connectivity index (χ1v) is 6.39. The zero-order valence-corrected chi connectivity index (χ0v) is 10.2. The summed E-state index contributed by atoms with van der Waals surface area (Å²) in [4.78, 5) is 10.2. The molecular formula is C13H18N4. The summed E-state index contributed by atoms with van der Waals surface area (Å²) in [6, 6.07) is 2.44. The maximum absolute atomic E-state index is 9.29. The average Bonchev–Trinajstić information content (AvgIpc) is 2.86. The Morgan fingerprint density at radius 2 is 2.41 bits per heavy atom. The molecule has 1 N–H and O–H groups in total. The van der Waals surface area contributed by atoms with Crippen LogP contribution in [0.1, 0.15) is 43.1 Å². The Kier molecular flexibility index (Phi) is 2.44. The summed E-state index contributed by atoms with van der Waals surface area (Å²) in [5.74, 6) is 1.47. The van der Waals surface area contributed by atoms with E-state index in [0.29, 0.717) is 5.92 Å². The van der Waals surface area contributed by atoms with Crippen molar-refractivity contribution in [3.63, 3.8) is 0 Å². The van der Waals surface area contributed by atoms with Crippen molar-refractivity contribution in [1.29, 1.82) is 5.26 Å². The quantitative estimate of drug-likeness (QED) is 0.842. The van der Waals surface area contributed by atoms with Gasteiger partial charge in [-0.15, -0.1) is 0 Å². The molecule has 1 saturated heterocycles. The van der Waals surface area contributed by atoms with E-state index in [9.17, 15) is 5.26 Å². The highest BCUT2D eigenvalue weighted by Gasteiger charge is 2.42. The molecule has 1 aromatic rings. The number of aromatic nitrogens is 2. The van der Waals surface area contributed by atoms with Gasteiger partial charge in [-0.3, -0.25) is 0 Å². The van der Waals surface area contributed by atoms with Gasteiger partial charge in [0.1, 0.15) is 11.2 Å². The summed E-state index contributed by atoms with van der Waals surface area (Å²) in [5.41, 5.74) is 0.911. The standard InChI is InChI=1S/C13H18N4/c1-17-6-3-10(8-17)11-7-15-12(16-11)13(9-14)4-2-5-13/h7,10H,2-6,8H2,1H3,(H,15,16). The van der Waals surface area contributed by atoms with Gasteiger partial charge in [-0.1, -0.05) is 0 Å². The molecule has 2 fully saturated rings. The van der Waals surface area contributed by atoms with Crippen molar-refractivity contribution in [3.8, 4) is 6.07 Å². The van der Waals surface area contributed by atoms with Crippen LogP contribution in [0.3, 0.4) is 0 Å². The first-order chi connectivity index (χ1) is 8.23. The molecule has 1 unspecified atom stereocenters. The third-order valence-corrected chi connectivity index (χ3v) is 4.30. The van der Waals surface area contributed by atoms with Crippen LogP contribution in [-0.2, 0) is 5.41 Å². The SMILES string of the molecule is CN1CCC(c2cnc(C3(C#N)CCC3)[nH]2)C1. The highest BCUT2D eigenvalue weighted by Crippen LogP contribution is 2.42. The Balaban J connectivity index is 1.81. The lowest BCUT2D eigenvalue weighted by atomic mass is 9.69. The zero-order valence-electron chi connectivity index (χ0n) is 10.2. The van der Waals surface area contributed by atoms with E-state index in [1.165, 1.54) is 12.1 Å². The van der Waals surface area contributed by atoms with Crippen molar-refractivity contribution in [1.82, 2.24) is 14.9 Å². The second kappa shape index (κ2) is 3.85. The van der Waals surface area contributed by atoms with Crippen LogP contribution >= 0.6 is 0 Å². The summed E-state index contributed by atoms with van der Waals surface area (Å²) < 4.78 is 0. The van der Waals surface area contributed by atoms with Crippen molar-refractivity contribution >= 4 is 0 Å². The molecule has 4 nitrogen and oxygen atoms in total. The van der Waals surface area contributed by atoms with E-state index in [2.05, 4.69) is 28.0 Å². The topological polar surface area (TPSA) is 55.7 Å². The normalized spacial score (nSPS) is 27.6. The van der Waals surface area contributed by atoms with Crippen LogP contribution in [0.5, 0.6) is 0 Å².